The van der Waals surface area contributed by atoms with Gasteiger partial charge in [-0.05, 0) is 70.1 Å². The van der Waals surface area contributed by atoms with Crippen molar-refractivity contribution in [1.82, 2.24) is 19.7 Å². The number of pyridine rings is 2. The van der Waals surface area contributed by atoms with E-state index >= 15 is 0 Å². The van der Waals surface area contributed by atoms with E-state index in [2.05, 4.69) is 42.8 Å². The van der Waals surface area contributed by atoms with Gasteiger partial charge in [0.25, 0.3) is 0 Å². The summed E-state index contributed by atoms with van der Waals surface area (Å²) in [5, 5.41) is 4.79. The molecule has 2 aliphatic rings. The standard InChI is InChI=1S/C25H31N5O/c1-16-24(17(2)30(29-16)23-8-3-4-13-31-23)19-10-11-20(27-15-19)14-21-12-9-18-6-5-7-22(26)25(18)28-21/h9-12,15,22-23H,3-8,13-14,26H2,1-2H3. The fourth-order valence-electron chi connectivity index (χ4n) is 4.97. The zero-order chi connectivity index (χ0) is 21.4. The van der Waals surface area contributed by atoms with Crippen LogP contribution in [-0.2, 0) is 17.6 Å². The Hall–Kier alpha value is -2.57. The summed E-state index contributed by atoms with van der Waals surface area (Å²) in [6.45, 7) is 5.01. The van der Waals surface area contributed by atoms with E-state index in [0.29, 0.717) is 6.42 Å². The second-order valence-corrected chi connectivity index (χ2v) is 8.87. The van der Waals surface area contributed by atoms with Crippen molar-refractivity contribution in [3.63, 3.8) is 0 Å². The maximum absolute atomic E-state index is 6.28. The Bertz CT molecular complexity index is 1070. The van der Waals surface area contributed by atoms with E-state index in [1.165, 1.54) is 12.0 Å². The van der Waals surface area contributed by atoms with Crippen molar-refractivity contribution in [3.8, 4) is 11.1 Å². The molecule has 6 heteroatoms. The van der Waals surface area contributed by atoms with E-state index in [1.807, 2.05) is 6.20 Å². The van der Waals surface area contributed by atoms with Crippen molar-refractivity contribution in [2.75, 3.05) is 6.61 Å². The van der Waals surface area contributed by atoms with E-state index in [-0.39, 0.29) is 12.3 Å². The van der Waals surface area contributed by atoms with Crippen LogP contribution in [0.3, 0.4) is 0 Å². The van der Waals surface area contributed by atoms with E-state index in [4.69, 9.17) is 25.5 Å². The van der Waals surface area contributed by atoms with Gasteiger partial charge >= 0.3 is 0 Å². The molecule has 3 aromatic rings. The van der Waals surface area contributed by atoms with Crippen LogP contribution < -0.4 is 5.73 Å². The van der Waals surface area contributed by atoms with Crippen molar-refractivity contribution in [3.05, 3.63) is 64.5 Å². The molecule has 1 aliphatic carbocycles. The van der Waals surface area contributed by atoms with Gasteiger partial charge in [-0.15, -0.1) is 0 Å². The summed E-state index contributed by atoms with van der Waals surface area (Å²) in [6.07, 6.45) is 9.34. The molecule has 2 atom stereocenters. The van der Waals surface area contributed by atoms with Crippen LogP contribution in [0.5, 0.6) is 0 Å². The molecule has 0 saturated carbocycles. The zero-order valence-electron chi connectivity index (χ0n) is 18.5. The summed E-state index contributed by atoms with van der Waals surface area (Å²) < 4.78 is 8.00. The van der Waals surface area contributed by atoms with Gasteiger partial charge in [0.2, 0.25) is 0 Å². The zero-order valence-corrected chi connectivity index (χ0v) is 18.5. The van der Waals surface area contributed by atoms with Crippen LogP contribution in [0.15, 0.2) is 30.5 Å². The fourth-order valence-corrected chi connectivity index (χ4v) is 4.97. The highest BCUT2D eigenvalue weighted by molar-refractivity contribution is 5.67. The van der Waals surface area contributed by atoms with E-state index in [9.17, 15) is 0 Å². The molecule has 4 heterocycles. The van der Waals surface area contributed by atoms with Crippen LogP contribution >= 0.6 is 0 Å². The number of rotatable bonds is 4. The lowest BCUT2D eigenvalue weighted by molar-refractivity contribution is -0.0407. The predicted octanol–water partition coefficient (Wildman–Crippen LogP) is 4.58. The molecule has 1 aliphatic heterocycles. The molecule has 0 aromatic carbocycles. The summed E-state index contributed by atoms with van der Waals surface area (Å²) >= 11 is 0. The Labute approximate surface area is 183 Å². The van der Waals surface area contributed by atoms with E-state index < -0.39 is 0 Å². The molecule has 0 bridgehead atoms. The summed E-state index contributed by atoms with van der Waals surface area (Å²) in [5.41, 5.74) is 15.1. The third kappa shape index (κ3) is 4.02. The van der Waals surface area contributed by atoms with Crippen LogP contribution in [0.25, 0.3) is 11.1 Å². The highest BCUT2D eigenvalue weighted by Gasteiger charge is 2.22. The highest BCUT2D eigenvalue weighted by Crippen LogP contribution is 2.32. The van der Waals surface area contributed by atoms with Gasteiger partial charge in [0.15, 0.2) is 0 Å². The van der Waals surface area contributed by atoms with Gasteiger partial charge in [0.1, 0.15) is 6.23 Å². The smallest absolute Gasteiger partial charge is 0.150 e. The van der Waals surface area contributed by atoms with Crippen LogP contribution in [0.4, 0.5) is 0 Å². The first kappa shape index (κ1) is 20.3. The minimum atomic E-state index is 0.0508. The number of hydrogen-bond donors (Lipinski definition) is 1. The first-order valence-electron chi connectivity index (χ1n) is 11.5. The Morgan fingerprint density at radius 3 is 2.71 bits per heavy atom. The van der Waals surface area contributed by atoms with Crippen molar-refractivity contribution in [2.24, 2.45) is 5.73 Å². The molecule has 31 heavy (non-hydrogen) atoms. The molecule has 5 rings (SSSR count). The SMILES string of the molecule is Cc1nn(C2CCCCO2)c(C)c1-c1ccc(Cc2ccc3c(n2)C(N)CCC3)nc1. The Morgan fingerprint density at radius 1 is 1.06 bits per heavy atom. The van der Waals surface area contributed by atoms with Gasteiger partial charge in [-0.2, -0.15) is 5.10 Å². The van der Waals surface area contributed by atoms with Crippen LogP contribution in [0.1, 0.15) is 78.4 Å². The quantitative estimate of drug-likeness (QED) is 0.672. The molecule has 2 unspecified atom stereocenters. The van der Waals surface area contributed by atoms with E-state index in [0.717, 1.165) is 78.3 Å². The second kappa shape index (κ2) is 8.52. The number of aromatic nitrogens is 4. The summed E-state index contributed by atoms with van der Waals surface area (Å²) in [5.74, 6) is 0. The molecule has 3 aromatic heterocycles. The molecule has 2 N–H and O–H groups in total. The lowest BCUT2D eigenvalue weighted by Crippen LogP contribution is -2.20. The minimum absolute atomic E-state index is 0.0508. The van der Waals surface area contributed by atoms with Gasteiger partial charge < -0.3 is 10.5 Å². The topological polar surface area (TPSA) is 78.8 Å². The summed E-state index contributed by atoms with van der Waals surface area (Å²) in [4.78, 5) is 9.61. The first-order valence-corrected chi connectivity index (χ1v) is 11.5. The first-order chi connectivity index (χ1) is 15.1. The highest BCUT2D eigenvalue weighted by atomic mass is 16.5. The van der Waals surface area contributed by atoms with Crippen molar-refractivity contribution < 1.29 is 4.74 Å². The number of nitrogens with zero attached hydrogens (tertiary/aromatic N) is 4. The van der Waals surface area contributed by atoms with Crippen LogP contribution in [-0.4, -0.2) is 26.4 Å². The van der Waals surface area contributed by atoms with Crippen LogP contribution in [0, 0.1) is 13.8 Å². The lowest BCUT2D eigenvalue weighted by atomic mass is 9.92. The fraction of sp³-hybridized carbons (Fsp3) is 0.480. The van der Waals surface area contributed by atoms with Gasteiger partial charge in [0.05, 0.1) is 11.4 Å². The van der Waals surface area contributed by atoms with E-state index in [1.54, 1.807) is 0 Å². The monoisotopic (exact) mass is 417 g/mol. The summed E-state index contributed by atoms with van der Waals surface area (Å²) in [7, 11) is 0. The van der Waals surface area contributed by atoms with Crippen molar-refractivity contribution >= 4 is 0 Å². The third-order valence-corrected chi connectivity index (χ3v) is 6.61. The lowest BCUT2D eigenvalue weighted by Gasteiger charge is -2.24. The maximum atomic E-state index is 6.28. The molecule has 1 fully saturated rings. The Balaban J connectivity index is 1.36. The van der Waals surface area contributed by atoms with Gasteiger partial charge in [-0.25, -0.2) is 4.68 Å². The molecule has 162 valence electrons. The maximum Gasteiger partial charge on any atom is 0.150 e. The minimum Gasteiger partial charge on any atom is -0.357 e. The van der Waals surface area contributed by atoms with Gasteiger partial charge in [0, 0.05) is 53.5 Å². The van der Waals surface area contributed by atoms with Gasteiger partial charge in [-0.3, -0.25) is 9.97 Å². The van der Waals surface area contributed by atoms with Crippen molar-refractivity contribution in [1.29, 1.82) is 0 Å². The molecular formula is C25H31N5O. The third-order valence-electron chi connectivity index (χ3n) is 6.61. The Morgan fingerprint density at radius 2 is 1.94 bits per heavy atom. The molecule has 6 nitrogen and oxygen atoms in total. The number of fused-ring (bicyclic) bond motifs is 1. The molecule has 0 amide bonds. The number of aryl methyl sites for hydroxylation is 2. The molecule has 1 saturated heterocycles. The number of hydrogen-bond acceptors (Lipinski definition) is 5. The summed E-state index contributed by atoms with van der Waals surface area (Å²) in [6, 6.07) is 8.63. The van der Waals surface area contributed by atoms with Crippen molar-refractivity contribution in [2.45, 2.75) is 71.1 Å². The van der Waals surface area contributed by atoms with Gasteiger partial charge in [-0.1, -0.05) is 12.1 Å². The van der Waals surface area contributed by atoms with Crippen LogP contribution in [0.2, 0.25) is 0 Å². The second-order valence-electron chi connectivity index (χ2n) is 8.87. The average molecular weight is 418 g/mol. The predicted molar refractivity (Wildman–Crippen MR) is 121 cm³/mol. The number of ether oxygens (including phenoxy) is 1. The average Bonchev–Trinajstić information content (AvgIpc) is 3.09. The number of nitrogens with two attached hydrogens (primary N) is 1. The molecular weight excluding hydrogens is 386 g/mol. The normalized spacial score (nSPS) is 21.1. The largest absolute Gasteiger partial charge is 0.357 e. The molecule has 0 radical (unpaired) electrons. The Kier molecular flexibility index (Phi) is 5.59. The molecule has 0 spiro atoms.